The Bertz CT molecular complexity index is 563. The minimum absolute atomic E-state index is 0.145. The van der Waals surface area contributed by atoms with Crippen LogP contribution in [0.4, 0.5) is 0 Å². The summed E-state index contributed by atoms with van der Waals surface area (Å²) in [6.45, 7) is 3.46. The molecule has 4 nitrogen and oxygen atoms in total. The maximum atomic E-state index is 12.8. The molecule has 1 atom stereocenters. The third-order valence-electron chi connectivity index (χ3n) is 4.89. The quantitative estimate of drug-likeness (QED) is 0.663. The van der Waals surface area contributed by atoms with Crippen molar-refractivity contribution in [2.24, 2.45) is 5.41 Å². The Morgan fingerprint density at radius 1 is 1.28 bits per heavy atom. The van der Waals surface area contributed by atoms with E-state index in [2.05, 4.69) is 12.1 Å². The summed E-state index contributed by atoms with van der Waals surface area (Å²) in [7, 11) is 0. The van der Waals surface area contributed by atoms with Gasteiger partial charge in [0, 0.05) is 25.3 Å². The largest absolute Gasteiger partial charge is 0.466 e. The summed E-state index contributed by atoms with van der Waals surface area (Å²) in [4.78, 5) is 27.1. The van der Waals surface area contributed by atoms with E-state index < -0.39 is 5.41 Å². The fraction of sp³-hybridized carbons (Fsp3) is 0.600. The van der Waals surface area contributed by atoms with E-state index in [0.29, 0.717) is 19.6 Å². The lowest BCUT2D eigenvalue weighted by Crippen LogP contribution is -2.50. The van der Waals surface area contributed by atoms with Crippen LogP contribution >= 0.6 is 11.8 Å². The molecule has 1 aliphatic rings. The van der Waals surface area contributed by atoms with Gasteiger partial charge in [-0.25, -0.2) is 0 Å². The molecule has 0 bridgehead atoms. The molecule has 1 heterocycles. The van der Waals surface area contributed by atoms with Gasteiger partial charge in [0.1, 0.15) is 0 Å². The van der Waals surface area contributed by atoms with Gasteiger partial charge in [-0.05, 0) is 44.4 Å². The number of nitrogens with zero attached hydrogens (tertiary/aromatic N) is 1. The van der Waals surface area contributed by atoms with Crippen molar-refractivity contribution >= 4 is 23.6 Å². The summed E-state index contributed by atoms with van der Waals surface area (Å²) in [6, 6.07) is 10.2. The molecule has 0 radical (unpaired) electrons. The molecule has 0 spiro atoms. The number of ether oxygens (including phenoxy) is 1. The van der Waals surface area contributed by atoms with E-state index in [0.717, 1.165) is 38.0 Å². The highest BCUT2D eigenvalue weighted by molar-refractivity contribution is 7.98. The van der Waals surface area contributed by atoms with Crippen molar-refractivity contribution in [2.45, 2.75) is 39.0 Å². The first-order valence-electron chi connectivity index (χ1n) is 9.09. The zero-order valence-corrected chi connectivity index (χ0v) is 16.1. The van der Waals surface area contributed by atoms with Crippen molar-refractivity contribution in [3.63, 3.8) is 0 Å². The number of hydrogen-bond acceptors (Lipinski definition) is 4. The molecular formula is C20H29NO3S. The van der Waals surface area contributed by atoms with Crippen molar-refractivity contribution in [3.05, 3.63) is 35.9 Å². The van der Waals surface area contributed by atoms with Crippen LogP contribution in [-0.4, -0.2) is 48.5 Å². The van der Waals surface area contributed by atoms with Gasteiger partial charge in [-0.2, -0.15) is 11.8 Å². The first-order chi connectivity index (χ1) is 12.1. The number of rotatable bonds is 8. The number of carbonyl (C=O) groups is 2. The Labute approximate surface area is 155 Å². The van der Waals surface area contributed by atoms with Crippen LogP contribution in [-0.2, 0) is 20.7 Å². The molecule has 1 aromatic carbocycles. The molecule has 0 saturated carbocycles. The number of esters is 1. The van der Waals surface area contributed by atoms with Gasteiger partial charge in [-0.3, -0.25) is 9.59 Å². The van der Waals surface area contributed by atoms with E-state index in [1.54, 1.807) is 11.8 Å². The minimum atomic E-state index is -0.570. The van der Waals surface area contributed by atoms with Gasteiger partial charge in [0.2, 0.25) is 5.91 Å². The van der Waals surface area contributed by atoms with Gasteiger partial charge in [0.15, 0.2) is 0 Å². The van der Waals surface area contributed by atoms with Crippen LogP contribution in [0.2, 0.25) is 0 Å². The third kappa shape index (κ3) is 5.50. The molecule has 0 aromatic heterocycles. The van der Waals surface area contributed by atoms with Crippen molar-refractivity contribution in [1.82, 2.24) is 4.90 Å². The molecule has 0 N–H and O–H groups in total. The van der Waals surface area contributed by atoms with Crippen molar-refractivity contribution < 1.29 is 14.3 Å². The van der Waals surface area contributed by atoms with E-state index in [1.165, 1.54) is 5.56 Å². The maximum Gasteiger partial charge on any atom is 0.313 e. The third-order valence-corrected chi connectivity index (χ3v) is 5.51. The number of carbonyl (C=O) groups excluding carboxylic acids is 2. The topological polar surface area (TPSA) is 46.6 Å². The van der Waals surface area contributed by atoms with E-state index in [1.807, 2.05) is 36.3 Å². The summed E-state index contributed by atoms with van der Waals surface area (Å²) < 4.78 is 5.40. The molecule has 2 rings (SSSR count). The second-order valence-corrected chi connectivity index (χ2v) is 7.63. The molecule has 1 fully saturated rings. The van der Waals surface area contributed by atoms with Crippen LogP contribution < -0.4 is 0 Å². The normalized spacial score (nSPS) is 20.3. The smallest absolute Gasteiger partial charge is 0.313 e. The van der Waals surface area contributed by atoms with Crippen LogP contribution in [0.5, 0.6) is 0 Å². The van der Waals surface area contributed by atoms with E-state index >= 15 is 0 Å². The highest BCUT2D eigenvalue weighted by Gasteiger charge is 2.44. The molecule has 0 aliphatic carbocycles. The summed E-state index contributed by atoms with van der Waals surface area (Å²) >= 11 is 1.68. The molecule has 25 heavy (non-hydrogen) atoms. The van der Waals surface area contributed by atoms with Crippen molar-refractivity contribution in [1.29, 1.82) is 0 Å². The summed E-state index contributed by atoms with van der Waals surface area (Å²) in [5, 5.41) is 0. The molecule has 5 heteroatoms. The van der Waals surface area contributed by atoms with Crippen LogP contribution in [0, 0.1) is 5.41 Å². The van der Waals surface area contributed by atoms with Gasteiger partial charge in [0.25, 0.3) is 0 Å². The number of hydrogen-bond donors (Lipinski definition) is 0. The fourth-order valence-corrected chi connectivity index (χ4v) is 3.86. The Morgan fingerprint density at radius 3 is 2.72 bits per heavy atom. The molecular weight excluding hydrogens is 334 g/mol. The Kier molecular flexibility index (Phi) is 7.82. The molecule has 1 saturated heterocycles. The fourth-order valence-electron chi connectivity index (χ4n) is 3.48. The number of aryl methyl sites for hydroxylation is 1. The predicted molar refractivity (Wildman–Crippen MR) is 103 cm³/mol. The number of benzene rings is 1. The second kappa shape index (κ2) is 9.85. The average Bonchev–Trinajstić information content (AvgIpc) is 2.65. The second-order valence-electron chi connectivity index (χ2n) is 6.65. The standard InChI is InChI=1S/C20H29NO3S/c1-3-24-19(23)20(13-10-17-8-5-4-6-9-17)12-7-14-21(16-20)18(22)11-15-25-2/h4-6,8-9H,3,7,10-16H2,1-2H3/t20-/m0/s1. The van der Waals surface area contributed by atoms with Crippen LogP contribution in [0.25, 0.3) is 0 Å². The number of piperidine rings is 1. The monoisotopic (exact) mass is 363 g/mol. The van der Waals surface area contributed by atoms with Gasteiger partial charge in [-0.15, -0.1) is 0 Å². The van der Waals surface area contributed by atoms with Crippen molar-refractivity contribution in [2.75, 3.05) is 31.7 Å². The van der Waals surface area contributed by atoms with E-state index in [4.69, 9.17) is 4.74 Å². The van der Waals surface area contributed by atoms with Crippen molar-refractivity contribution in [3.8, 4) is 0 Å². The highest BCUT2D eigenvalue weighted by atomic mass is 32.2. The first-order valence-corrected chi connectivity index (χ1v) is 10.5. The summed E-state index contributed by atoms with van der Waals surface area (Å²) in [5.41, 5.74) is 0.649. The summed E-state index contributed by atoms with van der Waals surface area (Å²) in [6.07, 6.45) is 5.75. The van der Waals surface area contributed by atoms with Crippen LogP contribution in [0.1, 0.15) is 38.2 Å². The number of amides is 1. The van der Waals surface area contributed by atoms with Crippen LogP contribution in [0.15, 0.2) is 30.3 Å². The Balaban J connectivity index is 2.10. The lowest BCUT2D eigenvalue weighted by atomic mass is 9.75. The van der Waals surface area contributed by atoms with E-state index in [9.17, 15) is 9.59 Å². The minimum Gasteiger partial charge on any atom is -0.466 e. The first kappa shape index (κ1) is 19.8. The Morgan fingerprint density at radius 2 is 2.04 bits per heavy atom. The lowest BCUT2D eigenvalue weighted by Gasteiger charge is -2.41. The Hall–Kier alpha value is -1.49. The molecule has 1 amide bonds. The maximum absolute atomic E-state index is 12.8. The number of thioether (sulfide) groups is 1. The van der Waals surface area contributed by atoms with Gasteiger partial charge in [0.05, 0.1) is 12.0 Å². The van der Waals surface area contributed by atoms with Crippen LogP contribution in [0.3, 0.4) is 0 Å². The van der Waals surface area contributed by atoms with Gasteiger partial charge < -0.3 is 9.64 Å². The van der Waals surface area contributed by atoms with Gasteiger partial charge >= 0.3 is 5.97 Å². The molecule has 138 valence electrons. The average molecular weight is 364 g/mol. The van der Waals surface area contributed by atoms with Gasteiger partial charge in [-0.1, -0.05) is 30.3 Å². The van der Waals surface area contributed by atoms with E-state index in [-0.39, 0.29) is 11.9 Å². The molecule has 1 aliphatic heterocycles. The SMILES string of the molecule is CCOC(=O)[C@]1(CCc2ccccc2)CCCN(C(=O)CCSC)C1. The number of likely N-dealkylation sites (tertiary alicyclic amines) is 1. The zero-order valence-electron chi connectivity index (χ0n) is 15.3. The predicted octanol–water partition coefficient (Wildman–Crippen LogP) is 3.54. The molecule has 1 aromatic rings. The lowest BCUT2D eigenvalue weighted by molar-refractivity contribution is -0.161. The highest BCUT2D eigenvalue weighted by Crippen LogP contribution is 2.36. The molecule has 0 unspecified atom stereocenters. The zero-order chi connectivity index (χ0) is 18.1. The summed E-state index contributed by atoms with van der Waals surface area (Å²) in [5.74, 6) is 0.835.